The van der Waals surface area contributed by atoms with E-state index >= 15 is 0 Å². The smallest absolute Gasteiger partial charge is 0.248 e. The van der Waals surface area contributed by atoms with Crippen LogP contribution < -0.4 is 10.1 Å². The Hall–Kier alpha value is -2.07. The fourth-order valence-corrected chi connectivity index (χ4v) is 2.56. The van der Waals surface area contributed by atoms with Gasteiger partial charge in [0.15, 0.2) is 0 Å². The number of halogens is 1. The molecule has 1 amide bonds. The lowest BCUT2D eigenvalue weighted by Crippen LogP contribution is -2.08. The van der Waals surface area contributed by atoms with Gasteiger partial charge < -0.3 is 10.1 Å². The van der Waals surface area contributed by atoms with Gasteiger partial charge in [-0.05, 0) is 59.6 Å². The highest BCUT2D eigenvalue weighted by Crippen LogP contribution is 2.23. The molecular weight excluding hydrogens is 342 g/mol. The predicted octanol–water partition coefficient (Wildman–Crippen LogP) is 4.81. The SMILES string of the molecule is CCOc1ccccc1/C=C/C(=O)Nc1ccc(C)cc1Br. The molecule has 0 spiro atoms. The van der Waals surface area contributed by atoms with E-state index < -0.39 is 0 Å². The van der Waals surface area contributed by atoms with E-state index in [4.69, 9.17) is 4.74 Å². The molecule has 0 aromatic heterocycles. The average Bonchev–Trinajstić information content (AvgIpc) is 2.49. The minimum absolute atomic E-state index is 0.184. The highest BCUT2D eigenvalue weighted by atomic mass is 79.9. The molecule has 114 valence electrons. The zero-order valence-corrected chi connectivity index (χ0v) is 14.2. The molecule has 0 atom stereocenters. The summed E-state index contributed by atoms with van der Waals surface area (Å²) in [6.45, 7) is 4.52. The van der Waals surface area contributed by atoms with Gasteiger partial charge in [-0.15, -0.1) is 0 Å². The van der Waals surface area contributed by atoms with E-state index in [-0.39, 0.29) is 5.91 Å². The van der Waals surface area contributed by atoms with E-state index in [1.165, 1.54) is 6.08 Å². The molecule has 0 fully saturated rings. The third kappa shape index (κ3) is 4.46. The van der Waals surface area contributed by atoms with Crippen LogP contribution in [0, 0.1) is 6.92 Å². The van der Waals surface area contributed by atoms with Crippen LogP contribution in [-0.2, 0) is 4.79 Å². The molecule has 4 heteroatoms. The molecule has 1 N–H and O–H groups in total. The van der Waals surface area contributed by atoms with Gasteiger partial charge in [0.1, 0.15) is 5.75 Å². The molecule has 0 saturated heterocycles. The monoisotopic (exact) mass is 359 g/mol. The van der Waals surface area contributed by atoms with Gasteiger partial charge in [-0.1, -0.05) is 24.3 Å². The lowest BCUT2D eigenvalue weighted by molar-refractivity contribution is -0.111. The zero-order valence-electron chi connectivity index (χ0n) is 12.6. The Bertz CT molecular complexity index is 695. The van der Waals surface area contributed by atoms with Crippen LogP contribution in [0.25, 0.3) is 6.08 Å². The Morgan fingerprint density at radius 3 is 2.77 bits per heavy atom. The number of aryl methyl sites for hydroxylation is 1. The minimum Gasteiger partial charge on any atom is -0.493 e. The number of amides is 1. The van der Waals surface area contributed by atoms with Crippen molar-refractivity contribution in [2.45, 2.75) is 13.8 Å². The molecule has 0 aliphatic rings. The van der Waals surface area contributed by atoms with Crippen LogP contribution in [0.2, 0.25) is 0 Å². The molecular formula is C18H18BrNO2. The Kier molecular flexibility index (Phi) is 5.78. The largest absolute Gasteiger partial charge is 0.493 e. The highest BCUT2D eigenvalue weighted by molar-refractivity contribution is 9.10. The maximum atomic E-state index is 12.0. The van der Waals surface area contributed by atoms with Crippen molar-refractivity contribution in [3.8, 4) is 5.75 Å². The lowest BCUT2D eigenvalue weighted by atomic mass is 10.2. The molecule has 0 saturated carbocycles. The molecule has 0 unspecified atom stereocenters. The first-order valence-electron chi connectivity index (χ1n) is 7.07. The molecule has 0 bridgehead atoms. The van der Waals surface area contributed by atoms with Gasteiger partial charge >= 0.3 is 0 Å². The van der Waals surface area contributed by atoms with Crippen molar-refractivity contribution in [1.82, 2.24) is 0 Å². The van der Waals surface area contributed by atoms with Gasteiger partial charge in [-0.3, -0.25) is 4.79 Å². The Morgan fingerprint density at radius 2 is 2.05 bits per heavy atom. The van der Waals surface area contributed by atoms with Crippen molar-refractivity contribution in [2.24, 2.45) is 0 Å². The lowest BCUT2D eigenvalue weighted by Gasteiger charge is -2.07. The number of hydrogen-bond donors (Lipinski definition) is 1. The Labute approximate surface area is 139 Å². The van der Waals surface area contributed by atoms with Gasteiger partial charge in [0.25, 0.3) is 0 Å². The third-order valence-electron chi connectivity index (χ3n) is 3.02. The number of nitrogens with one attached hydrogen (secondary N) is 1. The Balaban J connectivity index is 2.08. The van der Waals surface area contributed by atoms with E-state index in [1.54, 1.807) is 6.08 Å². The van der Waals surface area contributed by atoms with Crippen LogP contribution in [0.15, 0.2) is 53.0 Å². The van der Waals surface area contributed by atoms with E-state index in [2.05, 4.69) is 21.2 Å². The maximum absolute atomic E-state index is 12.0. The van der Waals surface area contributed by atoms with Crippen LogP contribution in [0.5, 0.6) is 5.75 Å². The second-order valence-electron chi connectivity index (χ2n) is 4.78. The van der Waals surface area contributed by atoms with Crippen molar-refractivity contribution < 1.29 is 9.53 Å². The summed E-state index contributed by atoms with van der Waals surface area (Å²) in [6.07, 6.45) is 3.26. The van der Waals surface area contributed by atoms with E-state index in [0.717, 1.165) is 27.0 Å². The number of carbonyl (C=O) groups is 1. The number of carbonyl (C=O) groups excluding carboxylic acids is 1. The molecule has 2 aromatic rings. The third-order valence-corrected chi connectivity index (χ3v) is 3.67. The van der Waals surface area contributed by atoms with Crippen LogP contribution in [0.1, 0.15) is 18.1 Å². The summed E-state index contributed by atoms with van der Waals surface area (Å²) in [4.78, 5) is 12.0. The summed E-state index contributed by atoms with van der Waals surface area (Å²) in [7, 11) is 0. The zero-order chi connectivity index (χ0) is 15.9. The van der Waals surface area contributed by atoms with Crippen molar-refractivity contribution in [2.75, 3.05) is 11.9 Å². The van der Waals surface area contributed by atoms with Gasteiger partial charge in [-0.2, -0.15) is 0 Å². The quantitative estimate of drug-likeness (QED) is 0.778. The van der Waals surface area contributed by atoms with Crippen LogP contribution in [-0.4, -0.2) is 12.5 Å². The van der Waals surface area contributed by atoms with Crippen LogP contribution >= 0.6 is 15.9 Å². The van der Waals surface area contributed by atoms with Crippen molar-refractivity contribution >= 4 is 33.6 Å². The summed E-state index contributed by atoms with van der Waals surface area (Å²) < 4.78 is 6.39. The number of ether oxygens (including phenoxy) is 1. The minimum atomic E-state index is -0.184. The van der Waals surface area contributed by atoms with E-state index in [1.807, 2.05) is 56.3 Å². The molecule has 2 rings (SSSR count). The van der Waals surface area contributed by atoms with Crippen LogP contribution in [0.4, 0.5) is 5.69 Å². The number of para-hydroxylation sites is 1. The summed E-state index contributed by atoms with van der Waals surface area (Å²) in [5.74, 6) is 0.585. The summed E-state index contributed by atoms with van der Waals surface area (Å²) >= 11 is 3.44. The summed E-state index contributed by atoms with van der Waals surface area (Å²) in [6, 6.07) is 13.4. The average molecular weight is 360 g/mol. The molecule has 2 aromatic carbocycles. The molecule has 0 aliphatic carbocycles. The van der Waals surface area contributed by atoms with Crippen molar-refractivity contribution in [1.29, 1.82) is 0 Å². The summed E-state index contributed by atoms with van der Waals surface area (Å²) in [5, 5.41) is 2.85. The number of benzene rings is 2. The first-order valence-corrected chi connectivity index (χ1v) is 7.86. The Morgan fingerprint density at radius 1 is 1.27 bits per heavy atom. The fourth-order valence-electron chi connectivity index (χ4n) is 1.97. The fraction of sp³-hybridized carbons (Fsp3) is 0.167. The van der Waals surface area contributed by atoms with Crippen LogP contribution in [0.3, 0.4) is 0 Å². The first kappa shape index (κ1) is 16.3. The van der Waals surface area contributed by atoms with E-state index in [9.17, 15) is 4.79 Å². The molecule has 22 heavy (non-hydrogen) atoms. The topological polar surface area (TPSA) is 38.3 Å². The maximum Gasteiger partial charge on any atom is 0.248 e. The number of anilines is 1. The second-order valence-corrected chi connectivity index (χ2v) is 5.63. The molecule has 0 radical (unpaired) electrons. The first-order chi connectivity index (χ1) is 10.6. The van der Waals surface area contributed by atoms with Gasteiger partial charge in [0.05, 0.1) is 12.3 Å². The number of rotatable bonds is 5. The standard InChI is InChI=1S/C18H18BrNO2/c1-3-22-17-7-5-4-6-14(17)9-11-18(21)20-16-10-8-13(2)12-15(16)19/h4-12H,3H2,1-2H3,(H,20,21)/b11-9+. The highest BCUT2D eigenvalue weighted by Gasteiger charge is 2.04. The van der Waals surface area contributed by atoms with Gasteiger partial charge in [0.2, 0.25) is 5.91 Å². The molecule has 0 aliphatic heterocycles. The number of hydrogen-bond acceptors (Lipinski definition) is 2. The van der Waals surface area contributed by atoms with Gasteiger partial charge in [-0.25, -0.2) is 0 Å². The summed E-state index contributed by atoms with van der Waals surface area (Å²) in [5.41, 5.74) is 2.76. The molecule has 0 heterocycles. The van der Waals surface area contributed by atoms with E-state index in [0.29, 0.717) is 6.61 Å². The van der Waals surface area contributed by atoms with Crippen molar-refractivity contribution in [3.05, 3.63) is 64.1 Å². The van der Waals surface area contributed by atoms with Gasteiger partial charge in [0, 0.05) is 16.1 Å². The second kappa shape index (κ2) is 7.80. The predicted molar refractivity (Wildman–Crippen MR) is 94.2 cm³/mol. The molecule has 3 nitrogen and oxygen atoms in total. The normalized spacial score (nSPS) is 10.7. The van der Waals surface area contributed by atoms with Crippen molar-refractivity contribution in [3.63, 3.8) is 0 Å².